The van der Waals surface area contributed by atoms with Crippen molar-refractivity contribution in [3.63, 3.8) is 0 Å². The maximum Gasteiger partial charge on any atom is 0.162 e. The minimum Gasteiger partial charge on any atom is -0.504 e. The zero-order chi connectivity index (χ0) is 48.5. The summed E-state index contributed by atoms with van der Waals surface area (Å²) < 4.78 is 49.7. The van der Waals surface area contributed by atoms with E-state index in [4.69, 9.17) is 14.2 Å². The molecule has 6 aromatic rings. The molecule has 4 aromatic carbocycles. The van der Waals surface area contributed by atoms with Crippen LogP contribution in [-0.4, -0.2) is 79.0 Å². The van der Waals surface area contributed by atoms with Crippen molar-refractivity contribution in [2.45, 2.75) is 103 Å². The molecule has 0 spiro atoms. The number of hydrogen-bond acceptors (Lipinski definition) is 13. The Morgan fingerprint density at radius 1 is 0.582 bits per heavy atom. The Balaban J connectivity index is 1.34. The number of rotatable bonds is 24. The van der Waals surface area contributed by atoms with E-state index in [2.05, 4.69) is 90.1 Å². The van der Waals surface area contributed by atoms with Gasteiger partial charge in [0.05, 0.1) is 45.4 Å². The maximum absolute atomic E-state index is 15.6. The van der Waals surface area contributed by atoms with Gasteiger partial charge in [0.1, 0.15) is 35.9 Å². The molecule has 2 heterocycles. The first kappa shape index (κ1) is 51.5. The first-order valence-corrected chi connectivity index (χ1v) is 24.0. The number of nitrogens with zero attached hydrogens (tertiary/aromatic N) is 4. The molecule has 17 heteroatoms. The third-order valence-corrected chi connectivity index (χ3v) is 13.7. The Hall–Kier alpha value is -4.94. The van der Waals surface area contributed by atoms with Crippen molar-refractivity contribution in [2.24, 2.45) is 11.8 Å². The number of anilines is 4. The SMILES string of the molecule is COc1cc2ncnc(Nc3cc(Br)c(F)cc3CC(CCCCCO)C(C)(C)OC(C)(C)C(CCCCCO)Cc3cc(F)c(Br)cc3Nc3ncnc4cc(OC)c(O)cc34)c2cc1O. The highest BCUT2D eigenvalue weighted by Crippen LogP contribution is 2.43. The van der Waals surface area contributed by atoms with Crippen LogP contribution in [-0.2, 0) is 17.6 Å². The number of phenols is 2. The van der Waals surface area contributed by atoms with Crippen molar-refractivity contribution >= 4 is 76.7 Å². The minimum atomic E-state index is -0.814. The van der Waals surface area contributed by atoms with Gasteiger partial charge in [-0.2, -0.15) is 0 Å². The average molecular weight is 1050 g/mol. The van der Waals surface area contributed by atoms with E-state index < -0.39 is 22.8 Å². The highest BCUT2D eigenvalue weighted by Gasteiger charge is 2.40. The number of ether oxygens (including phenoxy) is 3. The number of halogens is 4. The lowest BCUT2D eigenvalue weighted by Gasteiger charge is -2.45. The number of unbranched alkanes of at least 4 members (excludes halogenated alkanes) is 4. The van der Waals surface area contributed by atoms with Gasteiger partial charge in [0.15, 0.2) is 23.0 Å². The van der Waals surface area contributed by atoms with E-state index in [-0.39, 0.29) is 57.0 Å². The first-order valence-electron chi connectivity index (χ1n) is 22.4. The van der Waals surface area contributed by atoms with Gasteiger partial charge in [-0.3, -0.25) is 0 Å². The molecular formula is C50H60Br2F2N6O7. The van der Waals surface area contributed by atoms with Crippen molar-refractivity contribution in [3.8, 4) is 23.0 Å². The largest absolute Gasteiger partial charge is 0.504 e. The molecule has 0 saturated heterocycles. The van der Waals surface area contributed by atoms with Gasteiger partial charge in [0, 0.05) is 47.5 Å². The number of aromatic hydroxyl groups is 2. The number of fused-ring (bicyclic) bond motifs is 2. The normalized spacial score (nSPS) is 13.0. The smallest absolute Gasteiger partial charge is 0.162 e. The molecule has 6 rings (SSSR count). The van der Waals surface area contributed by atoms with E-state index in [1.165, 1.54) is 51.1 Å². The maximum atomic E-state index is 15.6. The molecule has 2 atom stereocenters. The van der Waals surface area contributed by atoms with E-state index in [9.17, 15) is 20.4 Å². The lowest BCUT2D eigenvalue weighted by Crippen LogP contribution is -2.47. The second kappa shape index (κ2) is 22.9. The highest BCUT2D eigenvalue weighted by atomic mass is 79.9. The van der Waals surface area contributed by atoms with Gasteiger partial charge >= 0.3 is 0 Å². The minimum absolute atomic E-state index is 0.0774. The van der Waals surface area contributed by atoms with Crippen LogP contribution in [0.5, 0.6) is 23.0 Å². The Labute approximate surface area is 407 Å². The Bertz CT molecular complexity index is 2480. The molecule has 13 nitrogen and oxygen atoms in total. The van der Waals surface area contributed by atoms with Crippen LogP contribution in [0, 0.1) is 23.5 Å². The van der Waals surface area contributed by atoms with E-state index >= 15 is 8.78 Å². The predicted octanol–water partition coefficient (Wildman–Crippen LogP) is 12.0. The zero-order valence-corrected chi connectivity index (χ0v) is 41.9. The first-order chi connectivity index (χ1) is 32.0. The van der Waals surface area contributed by atoms with Gasteiger partial charge in [0.2, 0.25) is 0 Å². The van der Waals surface area contributed by atoms with Crippen LogP contribution in [0.25, 0.3) is 21.8 Å². The molecule has 360 valence electrons. The Kier molecular flexibility index (Phi) is 17.6. The fraction of sp³-hybridized carbons (Fsp3) is 0.440. The number of nitrogens with one attached hydrogen (secondary N) is 2. The van der Waals surface area contributed by atoms with Crippen LogP contribution < -0.4 is 20.1 Å². The lowest BCUT2D eigenvalue weighted by molar-refractivity contribution is -0.175. The van der Waals surface area contributed by atoms with E-state index in [0.29, 0.717) is 94.5 Å². The molecule has 2 unspecified atom stereocenters. The van der Waals surface area contributed by atoms with E-state index in [0.717, 1.165) is 25.7 Å². The molecular weight excluding hydrogens is 994 g/mol. The topological polar surface area (TPSA) is 184 Å². The summed E-state index contributed by atoms with van der Waals surface area (Å²) in [5.74, 6) is -0.00768. The van der Waals surface area contributed by atoms with Gasteiger partial charge in [0.25, 0.3) is 0 Å². The molecule has 6 N–H and O–H groups in total. The fourth-order valence-electron chi connectivity index (χ4n) is 8.80. The summed E-state index contributed by atoms with van der Waals surface area (Å²) in [7, 11) is 2.92. The number of benzene rings is 4. The van der Waals surface area contributed by atoms with Crippen LogP contribution in [0.2, 0.25) is 0 Å². The molecule has 0 amide bonds. The van der Waals surface area contributed by atoms with Crippen molar-refractivity contribution in [1.82, 2.24) is 19.9 Å². The van der Waals surface area contributed by atoms with Gasteiger partial charge in [-0.05, 0) is 157 Å². The molecule has 67 heavy (non-hydrogen) atoms. The number of phenolic OH excluding ortho intramolecular Hbond substituents is 2. The third-order valence-electron chi connectivity index (χ3n) is 12.5. The number of methoxy groups -OCH3 is 2. The van der Waals surface area contributed by atoms with Crippen molar-refractivity contribution in [3.05, 3.63) is 92.9 Å². The standard InChI is InChI=1S/C50H60Br2F2N6O7/c1-49(2,31(13-9-7-11-15-61)17-29-19-37(53)35(51)23-39(29)59-47-33-21-43(63)45(65-5)25-41(33)55-27-57-47)67-50(3,4)32(14-10-8-12-16-62)18-30-20-38(54)36(52)24-40(30)60-48-34-22-44(64)46(66-6)26-42(34)56-28-58-48/h19-28,31-32,61-64H,7-18H2,1-6H3,(H,55,57,59)(H,56,58,60). The van der Waals surface area contributed by atoms with Crippen LogP contribution in [0.15, 0.2) is 70.1 Å². The average Bonchev–Trinajstić information content (AvgIpc) is 3.28. The molecule has 0 aliphatic carbocycles. The van der Waals surface area contributed by atoms with Crippen LogP contribution in [0.1, 0.15) is 90.2 Å². The predicted molar refractivity (Wildman–Crippen MR) is 265 cm³/mol. The second-order valence-corrected chi connectivity index (χ2v) is 19.6. The number of aliphatic hydroxyl groups excluding tert-OH is 2. The molecule has 0 bridgehead atoms. The third kappa shape index (κ3) is 12.8. The number of aromatic nitrogens is 4. The van der Waals surface area contributed by atoms with Gasteiger partial charge in [-0.1, -0.05) is 25.7 Å². The summed E-state index contributed by atoms with van der Waals surface area (Å²) in [6.07, 6.45) is 9.47. The molecule has 0 saturated carbocycles. The van der Waals surface area contributed by atoms with Crippen molar-refractivity contribution in [2.75, 3.05) is 38.1 Å². The van der Waals surface area contributed by atoms with Crippen LogP contribution in [0.3, 0.4) is 0 Å². The Morgan fingerprint density at radius 2 is 0.985 bits per heavy atom. The number of aliphatic hydroxyl groups is 2. The zero-order valence-electron chi connectivity index (χ0n) is 38.7. The second-order valence-electron chi connectivity index (χ2n) is 17.9. The molecule has 0 fully saturated rings. The van der Waals surface area contributed by atoms with Gasteiger partial charge in [-0.15, -0.1) is 0 Å². The van der Waals surface area contributed by atoms with Crippen LogP contribution >= 0.6 is 31.9 Å². The lowest BCUT2D eigenvalue weighted by atomic mass is 9.77. The summed E-state index contributed by atoms with van der Waals surface area (Å²) >= 11 is 6.77. The summed E-state index contributed by atoms with van der Waals surface area (Å²) in [6, 6.07) is 12.7. The van der Waals surface area contributed by atoms with Gasteiger partial charge < -0.3 is 45.3 Å². The summed E-state index contributed by atoms with van der Waals surface area (Å²) in [5.41, 5.74) is 2.01. The molecule has 0 aliphatic heterocycles. The van der Waals surface area contributed by atoms with Gasteiger partial charge in [-0.25, -0.2) is 28.7 Å². The van der Waals surface area contributed by atoms with E-state index in [1.807, 2.05) is 0 Å². The van der Waals surface area contributed by atoms with E-state index in [1.54, 1.807) is 24.3 Å². The molecule has 0 aliphatic rings. The monoisotopic (exact) mass is 1050 g/mol. The molecule has 2 aromatic heterocycles. The van der Waals surface area contributed by atoms with Crippen molar-refractivity contribution in [1.29, 1.82) is 0 Å². The summed E-state index contributed by atoms with van der Waals surface area (Å²) in [6.45, 7) is 8.38. The van der Waals surface area contributed by atoms with Crippen LogP contribution in [0.4, 0.5) is 31.8 Å². The number of hydrogen-bond donors (Lipinski definition) is 6. The summed E-state index contributed by atoms with van der Waals surface area (Å²) in [4.78, 5) is 17.7. The quantitative estimate of drug-likeness (QED) is 0.0315. The molecule has 0 radical (unpaired) electrons. The fourth-order valence-corrected chi connectivity index (χ4v) is 9.48. The Morgan fingerprint density at radius 3 is 1.36 bits per heavy atom. The summed E-state index contributed by atoms with van der Waals surface area (Å²) in [5, 5.41) is 48.5. The van der Waals surface area contributed by atoms with Crippen molar-refractivity contribution < 1.29 is 43.4 Å². The highest BCUT2D eigenvalue weighted by molar-refractivity contribution is 9.10.